The Labute approximate surface area is 136 Å². The summed E-state index contributed by atoms with van der Waals surface area (Å²) in [4.78, 5) is 12.8. The number of carbonyl (C=O) groups excluding carboxylic acids is 1. The number of methoxy groups -OCH3 is 1. The van der Waals surface area contributed by atoms with Crippen molar-refractivity contribution in [3.63, 3.8) is 0 Å². The molecule has 0 aliphatic heterocycles. The lowest BCUT2D eigenvalue weighted by molar-refractivity contribution is -0.118. The van der Waals surface area contributed by atoms with Crippen molar-refractivity contribution in [1.82, 2.24) is 5.32 Å². The second kappa shape index (κ2) is 6.84. The zero-order valence-corrected chi connectivity index (χ0v) is 13.5. The van der Waals surface area contributed by atoms with Crippen LogP contribution in [0.1, 0.15) is 30.0 Å². The summed E-state index contributed by atoms with van der Waals surface area (Å²) >= 11 is 0. The van der Waals surface area contributed by atoms with E-state index >= 15 is 0 Å². The number of anilines is 1. The van der Waals surface area contributed by atoms with Crippen LogP contribution in [0.15, 0.2) is 48.5 Å². The first-order chi connectivity index (χ1) is 11.2. The molecule has 0 unspecified atom stereocenters. The fourth-order valence-electron chi connectivity index (χ4n) is 2.58. The number of carbonyl (C=O) groups is 1. The van der Waals surface area contributed by atoms with Crippen molar-refractivity contribution in [2.45, 2.75) is 31.8 Å². The number of rotatable bonds is 6. The second-order valence-electron chi connectivity index (χ2n) is 5.98. The monoisotopic (exact) mass is 310 g/mol. The zero-order chi connectivity index (χ0) is 16.2. The maximum absolute atomic E-state index is 12.8. The molecule has 4 nitrogen and oxygen atoms in total. The Kier molecular flexibility index (Phi) is 4.63. The van der Waals surface area contributed by atoms with Gasteiger partial charge in [-0.1, -0.05) is 36.4 Å². The number of aryl methyl sites for hydroxylation is 1. The van der Waals surface area contributed by atoms with E-state index in [4.69, 9.17) is 4.74 Å². The Morgan fingerprint density at radius 3 is 2.57 bits per heavy atom. The maximum Gasteiger partial charge on any atom is 0.246 e. The highest BCUT2D eigenvalue weighted by Gasteiger charge is 2.29. The van der Waals surface area contributed by atoms with Gasteiger partial charge in [-0.2, -0.15) is 0 Å². The zero-order valence-electron chi connectivity index (χ0n) is 13.5. The van der Waals surface area contributed by atoms with Crippen LogP contribution in [0, 0.1) is 6.92 Å². The smallest absolute Gasteiger partial charge is 0.246 e. The molecule has 1 saturated carbocycles. The van der Waals surface area contributed by atoms with E-state index in [0.717, 1.165) is 24.0 Å². The predicted octanol–water partition coefficient (Wildman–Crippen LogP) is 3.44. The molecule has 1 atom stereocenters. The Hall–Kier alpha value is -2.33. The molecular weight excluding hydrogens is 288 g/mol. The van der Waals surface area contributed by atoms with Crippen LogP contribution in [-0.4, -0.2) is 19.1 Å². The van der Waals surface area contributed by atoms with Gasteiger partial charge in [0.25, 0.3) is 0 Å². The lowest BCUT2D eigenvalue weighted by Crippen LogP contribution is -2.34. The van der Waals surface area contributed by atoms with Gasteiger partial charge in [0.05, 0.1) is 12.8 Å². The molecule has 120 valence electrons. The Balaban J connectivity index is 1.82. The highest BCUT2D eigenvalue weighted by molar-refractivity contribution is 5.96. The van der Waals surface area contributed by atoms with Crippen molar-refractivity contribution >= 4 is 11.6 Å². The van der Waals surface area contributed by atoms with E-state index in [0.29, 0.717) is 17.5 Å². The van der Waals surface area contributed by atoms with Crippen molar-refractivity contribution < 1.29 is 9.53 Å². The second-order valence-corrected chi connectivity index (χ2v) is 5.98. The van der Waals surface area contributed by atoms with E-state index in [-0.39, 0.29) is 11.9 Å². The summed E-state index contributed by atoms with van der Waals surface area (Å²) in [5, 5.41) is 6.43. The number of benzene rings is 2. The molecule has 1 aliphatic rings. The lowest BCUT2D eigenvalue weighted by Gasteiger charge is -2.20. The molecule has 4 heteroatoms. The molecular formula is C19H22N2O2. The Bertz CT molecular complexity index is 681. The average Bonchev–Trinajstić information content (AvgIpc) is 3.38. The first-order valence-corrected chi connectivity index (χ1v) is 7.94. The van der Waals surface area contributed by atoms with Crippen LogP contribution in [0.5, 0.6) is 5.75 Å². The van der Waals surface area contributed by atoms with E-state index in [1.54, 1.807) is 7.11 Å². The van der Waals surface area contributed by atoms with Crippen molar-refractivity contribution in [3.05, 3.63) is 59.7 Å². The van der Waals surface area contributed by atoms with Gasteiger partial charge in [0, 0.05) is 6.04 Å². The van der Waals surface area contributed by atoms with Crippen molar-refractivity contribution in [2.75, 3.05) is 12.4 Å². The quantitative estimate of drug-likeness (QED) is 0.859. The molecule has 1 amide bonds. The highest BCUT2D eigenvalue weighted by atomic mass is 16.5. The van der Waals surface area contributed by atoms with Gasteiger partial charge in [-0.25, -0.2) is 0 Å². The molecule has 1 fully saturated rings. The molecule has 1 aliphatic carbocycles. The summed E-state index contributed by atoms with van der Waals surface area (Å²) in [6.45, 7) is 1.99. The van der Waals surface area contributed by atoms with Gasteiger partial charge < -0.3 is 10.1 Å². The molecule has 3 rings (SSSR count). The van der Waals surface area contributed by atoms with E-state index in [1.807, 2.05) is 55.5 Å². The summed E-state index contributed by atoms with van der Waals surface area (Å²) in [6, 6.07) is 15.7. The normalized spacial score (nSPS) is 15.0. The first-order valence-electron chi connectivity index (χ1n) is 7.94. The van der Waals surface area contributed by atoms with Crippen LogP contribution in [0.2, 0.25) is 0 Å². The van der Waals surface area contributed by atoms with Gasteiger partial charge in [0.15, 0.2) is 0 Å². The fourth-order valence-corrected chi connectivity index (χ4v) is 2.58. The first kappa shape index (κ1) is 15.6. The Morgan fingerprint density at radius 1 is 1.17 bits per heavy atom. The van der Waals surface area contributed by atoms with Gasteiger partial charge in [-0.15, -0.1) is 0 Å². The maximum atomic E-state index is 12.8. The Morgan fingerprint density at radius 2 is 1.91 bits per heavy atom. The predicted molar refractivity (Wildman–Crippen MR) is 91.7 cm³/mol. The van der Waals surface area contributed by atoms with Crippen molar-refractivity contribution in [2.24, 2.45) is 0 Å². The summed E-state index contributed by atoms with van der Waals surface area (Å²) in [5.74, 6) is 0.606. The van der Waals surface area contributed by atoms with E-state index in [2.05, 4.69) is 10.6 Å². The SMILES string of the molecule is COc1ccc(C)cc1NC(=O)[C@H](NC1CC1)c1ccccc1. The third kappa shape index (κ3) is 3.90. The summed E-state index contributed by atoms with van der Waals surface area (Å²) in [7, 11) is 1.61. The minimum absolute atomic E-state index is 0.0630. The molecule has 0 bridgehead atoms. The van der Waals surface area contributed by atoms with E-state index in [9.17, 15) is 4.79 Å². The van der Waals surface area contributed by atoms with Crippen LogP contribution in [-0.2, 0) is 4.79 Å². The molecule has 0 spiro atoms. The van der Waals surface area contributed by atoms with Gasteiger partial charge in [0.2, 0.25) is 5.91 Å². The van der Waals surface area contributed by atoms with E-state index < -0.39 is 0 Å². The summed E-state index contributed by atoms with van der Waals surface area (Å²) < 4.78 is 5.34. The number of nitrogens with one attached hydrogen (secondary N) is 2. The molecule has 2 aromatic rings. The third-order valence-electron chi connectivity index (χ3n) is 3.99. The number of hydrogen-bond acceptors (Lipinski definition) is 3. The minimum Gasteiger partial charge on any atom is -0.495 e. The highest BCUT2D eigenvalue weighted by Crippen LogP contribution is 2.28. The molecule has 0 radical (unpaired) electrons. The minimum atomic E-state index is -0.353. The van der Waals surface area contributed by atoms with Gasteiger partial charge in [-0.05, 0) is 43.0 Å². The van der Waals surface area contributed by atoms with Crippen LogP contribution in [0.3, 0.4) is 0 Å². The topological polar surface area (TPSA) is 50.4 Å². The lowest BCUT2D eigenvalue weighted by atomic mass is 10.1. The summed E-state index contributed by atoms with van der Waals surface area (Å²) in [5.41, 5.74) is 2.76. The molecule has 0 aromatic heterocycles. The molecule has 0 heterocycles. The van der Waals surface area contributed by atoms with Gasteiger partial charge in [-0.3, -0.25) is 10.1 Å². The molecule has 0 saturated heterocycles. The number of ether oxygens (including phenoxy) is 1. The van der Waals surface area contributed by atoms with Gasteiger partial charge >= 0.3 is 0 Å². The van der Waals surface area contributed by atoms with Crippen molar-refractivity contribution in [3.8, 4) is 5.75 Å². The van der Waals surface area contributed by atoms with Crippen LogP contribution in [0.4, 0.5) is 5.69 Å². The average molecular weight is 310 g/mol. The summed E-state index contributed by atoms with van der Waals surface area (Å²) in [6.07, 6.45) is 2.26. The largest absolute Gasteiger partial charge is 0.495 e. The van der Waals surface area contributed by atoms with Crippen molar-refractivity contribution in [1.29, 1.82) is 0 Å². The number of hydrogen-bond donors (Lipinski definition) is 2. The third-order valence-corrected chi connectivity index (χ3v) is 3.99. The standard InChI is InChI=1S/C19H22N2O2/c1-13-8-11-17(23-2)16(12-13)21-19(22)18(20-15-9-10-15)14-6-4-3-5-7-14/h3-8,11-12,15,18,20H,9-10H2,1-2H3,(H,21,22)/t18-/m1/s1. The molecule has 2 aromatic carbocycles. The number of amides is 1. The molecule has 2 N–H and O–H groups in total. The van der Waals surface area contributed by atoms with Crippen LogP contribution < -0.4 is 15.4 Å². The molecule has 23 heavy (non-hydrogen) atoms. The van der Waals surface area contributed by atoms with Gasteiger partial charge in [0.1, 0.15) is 11.8 Å². The van der Waals surface area contributed by atoms with Crippen LogP contribution in [0.25, 0.3) is 0 Å². The fraction of sp³-hybridized carbons (Fsp3) is 0.316. The van der Waals surface area contributed by atoms with Crippen LogP contribution >= 0.6 is 0 Å². The van der Waals surface area contributed by atoms with E-state index in [1.165, 1.54) is 0 Å².